The molecule has 0 aliphatic carbocycles. The molecule has 0 radical (unpaired) electrons. The first kappa shape index (κ1) is 30.6. The second kappa shape index (κ2) is 11.4. The number of hydrogen-bond donors (Lipinski definition) is 1. The van der Waals surface area contributed by atoms with Gasteiger partial charge in [-0.05, 0) is 79.7 Å². The minimum absolute atomic E-state index is 0.0584. The maximum atomic E-state index is 16.8. The molecule has 12 heteroatoms. The molecule has 4 aliphatic heterocycles. The van der Waals surface area contributed by atoms with Gasteiger partial charge in [0.05, 0.1) is 16.5 Å². The van der Waals surface area contributed by atoms with Crippen LogP contribution in [0.1, 0.15) is 51.0 Å². The number of phenolic OH excluding ortho intramolecular Hbond substituents is 1. The Morgan fingerprint density at radius 3 is 2.30 bits per heavy atom. The van der Waals surface area contributed by atoms with E-state index in [0.717, 1.165) is 38.8 Å². The van der Waals surface area contributed by atoms with Crippen molar-refractivity contribution in [3.05, 3.63) is 47.7 Å². The molecule has 4 aliphatic rings. The summed E-state index contributed by atoms with van der Waals surface area (Å²) in [7, 11) is 0. The minimum Gasteiger partial charge on any atom is -0.508 e. The van der Waals surface area contributed by atoms with Gasteiger partial charge in [0.25, 0.3) is 0 Å². The number of halogens is 4. The third-order valence-electron chi connectivity index (χ3n) is 10.9. The molecule has 8 nitrogen and oxygen atoms in total. The van der Waals surface area contributed by atoms with Gasteiger partial charge in [0.2, 0.25) is 5.88 Å². The summed E-state index contributed by atoms with van der Waals surface area (Å²) >= 11 is 0. The highest BCUT2D eigenvalue weighted by Crippen LogP contribution is 2.43. The third kappa shape index (κ3) is 5.06. The van der Waals surface area contributed by atoms with E-state index in [1.165, 1.54) is 24.4 Å². The zero-order chi connectivity index (χ0) is 32.5. The number of phenols is 1. The van der Waals surface area contributed by atoms with Crippen LogP contribution >= 0.6 is 0 Å². The van der Waals surface area contributed by atoms with Crippen molar-refractivity contribution in [3.8, 4) is 28.9 Å². The first-order chi connectivity index (χ1) is 22.7. The smallest absolute Gasteiger partial charge is 0.320 e. The van der Waals surface area contributed by atoms with Crippen LogP contribution < -0.4 is 9.47 Å². The summed E-state index contributed by atoms with van der Waals surface area (Å²) in [6.07, 6.45) is 3.95. The molecule has 248 valence electrons. The number of alkyl halides is 2. The molecule has 8 rings (SSSR count). The number of aromatic nitrogens is 3. The van der Waals surface area contributed by atoms with Gasteiger partial charge in [0.1, 0.15) is 48.3 Å². The molecular weight excluding hydrogens is 614 g/mol. The molecule has 0 saturated carbocycles. The van der Waals surface area contributed by atoms with Crippen molar-refractivity contribution in [2.24, 2.45) is 0 Å². The average Bonchev–Trinajstić information content (AvgIpc) is 3.77. The van der Waals surface area contributed by atoms with Crippen LogP contribution in [0.5, 0.6) is 17.6 Å². The van der Waals surface area contributed by atoms with Crippen molar-refractivity contribution in [1.82, 2.24) is 24.8 Å². The van der Waals surface area contributed by atoms with Gasteiger partial charge >= 0.3 is 6.01 Å². The van der Waals surface area contributed by atoms with E-state index < -0.39 is 35.1 Å². The van der Waals surface area contributed by atoms with E-state index in [4.69, 9.17) is 9.47 Å². The highest BCUT2D eigenvalue weighted by atomic mass is 19.1. The fraction of sp³-hybridized carbons (Fsp3) is 0.514. The van der Waals surface area contributed by atoms with Crippen molar-refractivity contribution < 1.29 is 32.1 Å². The maximum absolute atomic E-state index is 16.8. The van der Waals surface area contributed by atoms with Crippen LogP contribution in [-0.4, -0.2) is 92.7 Å². The van der Waals surface area contributed by atoms with Crippen molar-refractivity contribution in [2.45, 2.75) is 75.3 Å². The summed E-state index contributed by atoms with van der Waals surface area (Å²) in [5.41, 5.74) is -0.602. The van der Waals surface area contributed by atoms with E-state index in [-0.39, 0.29) is 53.0 Å². The van der Waals surface area contributed by atoms with Gasteiger partial charge in [0.15, 0.2) is 5.82 Å². The van der Waals surface area contributed by atoms with Crippen molar-refractivity contribution >= 4 is 21.7 Å². The molecule has 4 saturated heterocycles. The van der Waals surface area contributed by atoms with E-state index in [2.05, 4.69) is 24.8 Å². The van der Waals surface area contributed by atoms with E-state index in [1.807, 2.05) is 0 Å². The molecule has 0 amide bonds. The molecule has 1 N–H and O–H groups in total. The number of rotatable bonds is 8. The Hall–Kier alpha value is -3.77. The highest BCUT2D eigenvalue weighted by molar-refractivity contribution is 6.01. The zero-order valence-electron chi connectivity index (χ0n) is 26.2. The molecule has 47 heavy (non-hydrogen) atoms. The van der Waals surface area contributed by atoms with E-state index >= 15 is 4.39 Å². The fourth-order valence-electron chi connectivity index (χ4n) is 8.70. The van der Waals surface area contributed by atoms with Crippen molar-refractivity contribution in [3.63, 3.8) is 0 Å². The SMILES string of the molecule is CCc1c(F)ccc2cc(O)cc(-c3ncc4c(OC[C@@]56CCCN5C[C@H](F)C6)nc(OCC56CCCN5C[C@H](F)C6)nc4c3F)c12. The summed E-state index contributed by atoms with van der Waals surface area (Å²) in [6, 6.07) is 5.62. The Labute approximate surface area is 269 Å². The lowest BCUT2D eigenvalue weighted by Crippen LogP contribution is -2.44. The predicted molar refractivity (Wildman–Crippen MR) is 168 cm³/mol. The molecule has 4 atom stereocenters. The van der Waals surface area contributed by atoms with Crippen LogP contribution in [0, 0.1) is 11.6 Å². The minimum atomic E-state index is -0.948. The number of benzene rings is 2. The largest absolute Gasteiger partial charge is 0.508 e. The fourth-order valence-corrected chi connectivity index (χ4v) is 8.70. The van der Waals surface area contributed by atoms with Crippen molar-refractivity contribution in [1.29, 1.82) is 0 Å². The Morgan fingerprint density at radius 2 is 1.62 bits per heavy atom. The number of fused-ring (bicyclic) bond motifs is 4. The first-order valence-corrected chi connectivity index (χ1v) is 16.5. The van der Waals surface area contributed by atoms with Gasteiger partial charge in [-0.1, -0.05) is 13.0 Å². The maximum Gasteiger partial charge on any atom is 0.320 e. The Bertz CT molecular complexity index is 1880. The second-order valence-corrected chi connectivity index (χ2v) is 13.7. The number of nitrogens with zero attached hydrogens (tertiary/aromatic N) is 5. The molecule has 1 unspecified atom stereocenters. The number of aryl methyl sites for hydroxylation is 1. The number of hydrogen-bond acceptors (Lipinski definition) is 8. The molecule has 0 spiro atoms. The number of pyridine rings is 1. The summed E-state index contributed by atoms with van der Waals surface area (Å²) in [4.78, 5) is 17.7. The summed E-state index contributed by atoms with van der Waals surface area (Å²) in [5.74, 6) is -1.31. The quantitative estimate of drug-likeness (QED) is 0.222. The topological polar surface area (TPSA) is 83.8 Å². The van der Waals surface area contributed by atoms with Crippen LogP contribution in [0.4, 0.5) is 17.6 Å². The number of aromatic hydroxyl groups is 1. The highest BCUT2D eigenvalue weighted by Gasteiger charge is 2.50. The summed E-state index contributed by atoms with van der Waals surface area (Å²) < 4.78 is 73.2. The summed E-state index contributed by atoms with van der Waals surface area (Å²) in [5, 5.41) is 11.8. The first-order valence-electron chi connectivity index (χ1n) is 16.5. The lowest BCUT2D eigenvalue weighted by atomic mass is 9.94. The lowest BCUT2D eigenvalue weighted by molar-refractivity contribution is 0.101. The monoisotopic (exact) mass is 651 g/mol. The molecule has 2 aromatic heterocycles. The van der Waals surface area contributed by atoms with Crippen LogP contribution in [0.15, 0.2) is 30.5 Å². The van der Waals surface area contributed by atoms with Crippen LogP contribution in [-0.2, 0) is 6.42 Å². The van der Waals surface area contributed by atoms with Gasteiger partial charge in [-0.2, -0.15) is 9.97 Å². The molecule has 2 aromatic carbocycles. The molecule has 4 aromatic rings. The predicted octanol–water partition coefficient (Wildman–Crippen LogP) is 6.30. The van der Waals surface area contributed by atoms with E-state index in [9.17, 15) is 18.3 Å². The Balaban J connectivity index is 1.23. The molecule has 4 fully saturated rings. The molecule has 6 heterocycles. The molecular formula is C35H37F4N5O3. The zero-order valence-corrected chi connectivity index (χ0v) is 26.2. The molecule has 0 bridgehead atoms. The van der Waals surface area contributed by atoms with Crippen LogP contribution in [0.2, 0.25) is 0 Å². The normalized spacial score (nSPS) is 27.6. The second-order valence-electron chi connectivity index (χ2n) is 13.7. The van der Waals surface area contributed by atoms with Crippen LogP contribution in [0.25, 0.3) is 32.9 Å². The van der Waals surface area contributed by atoms with Gasteiger partial charge in [-0.25, -0.2) is 17.6 Å². The van der Waals surface area contributed by atoms with Crippen molar-refractivity contribution in [2.75, 3.05) is 39.4 Å². The van der Waals surface area contributed by atoms with Gasteiger partial charge in [0, 0.05) is 37.7 Å². The lowest BCUT2D eigenvalue weighted by Gasteiger charge is -2.31. The Morgan fingerprint density at radius 1 is 0.936 bits per heavy atom. The standard InChI is InChI=1S/C35H37F4N5O3/c1-2-24-27(38)6-5-20-11-23(45)12-25(28(20)24)30-29(39)31-26(15-40-30)32(46-18-34-7-3-9-43(34)16-21(36)13-34)42-33(41-31)47-19-35-8-4-10-44(35)17-22(37)14-35/h5-6,11-12,15,21-22,45H,2-4,7-10,13-14,16-19H2,1H3/t21-,22-,34+,35?/m1/s1. The van der Waals surface area contributed by atoms with E-state index in [0.29, 0.717) is 48.7 Å². The average molecular weight is 652 g/mol. The number of ether oxygens (including phenoxy) is 2. The third-order valence-corrected chi connectivity index (χ3v) is 10.9. The van der Waals surface area contributed by atoms with E-state index in [1.54, 1.807) is 13.0 Å². The van der Waals surface area contributed by atoms with Crippen LogP contribution in [0.3, 0.4) is 0 Å². The Kier molecular flexibility index (Phi) is 7.43. The van der Waals surface area contributed by atoms with Gasteiger partial charge in [-0.15, -0.1) is 0 Å². The van der Waals surface area contributed by atoms with Gasteiger partial charge in [-0.3, -0.25) is 14.8 Å². The van der Waals surface area contributed by atoms with Gasteiger partial charge < -0.3 is 14.6 Å². The summed E-state index contributed by atoms with van der Waals surface area (Å²) in [6.45, 7) is 4.37.